The number of guanidine groups is 1. The largest absolute Gasteiger partial charge is 0.450 e. The first-order valence-corrected chi connectivity index (χ1v) is 15.6. The predicted molar refractivity (Wildman–Crippen MR) is 172 cm³/mol. The van der Waals surface area contributed by atoms with E-state index in [1.54, 1.807) is 15.7 Å². The van der Waals surface area contributed by atoms with E-state index in [2.05, 4.69) is 31.9 Å². The number of amides is 2. The van der Waals surface area contributed by atoms with Crippen molar-refractivity contribution < 1.29 is 13.9 Å². The summed E-state index contributed by atoms with van der Waals surface area (Å²) in [6, 6.07) is 9.95. The molecule has 12 nitrogen and oxygen atoms in total. The summed E-state index contributed by atoms with van der Waals surface area (Å²) in [6.45, 7) is 4.50. The number of carbonyl (C=O) groups excluding carboxylic acids is 1. The molecule has 0 bridgehead atoms. The third-order valence-corrected chi connectivity index (χ3v) is 9.03. The van der Waals surface area contributed by atoms with Crippen LogP contribution in [0.5, 0.6) is 11.5 Å². The summed E-state index contributed by atoms with van der Waals surface area (Å²) in [5.41, 5.74) is 7.36. The molecule has 0 saturated carbocycles. The third-order valence-electron chi connectivity index (χ3n) is 8.74. The molecule has 0 aliphatic carbocycles. The Balaban J connectivity index is 1.03. The van der Waals surface area contributed by atoms with Crippen LogP contribution in [-0.4, -0.2) is 70.6 Å². The third kappa shape index (κ3) is 7.15. The lowest BCUT2D eigenvalue weighted by Crippen LogP contribution is -2.40. The van der Waals surface area contributed by atoms with Gasteiger partial charge in [0, 0.05) is 44.5 Å². The van der Waals surface area contributed by atoms with E-state index in [0.717, 1.165) is 63.0 Å². The van der Waals surface area contributed by atoms with Crippen LogP contribution in [0.25, 0.3) is 0 Å². The van der Waals surface area contributed by atoms with Gasteiger partial charge in [0.25, 0.3) is 0 Å². The number of urea groups is 1. The number of ether oxygens (including phenoxy) is 1. The molecule has 0 radical (unpaired) electrons. The Kier molecular flexibility index (Phi) is 9.08. The van der Waals surface area contributed by atoms with Gasteiger partial charge in [-0.3, -0.25) is 9.98 Å². The summed E-state index contributed by atoms with van der Waals surface area (Å²) in [4.78, 5) is 34.2. The van der Waals surface area contributed by atoms with Gasteiger partial charge < -0.3 is 36.2 Å². The van der Waals surface area contributed by atoms with Crippen molar-refractivity contribution in [3.63, 3.8) is 0 Å². The maximum absolute atomic E-state index is 13.4. The van der Waals surface area contributed by atoms with Crippen molar-refractivity contribution in [3.8, 4) is 11.5 Å². The molecule has 0 atom stereocenters. The molecule has 3 aliphatic rings. The van der Waals surface area contributed by atoms with Crippen molar-refractivity contribution in [2.45, 2.75) is 44.1 Å². The molecule has 4 heterocycles. The Morgan fingerprint density at radius 3 is 2.62 bits per heavy atom. The van der Waals surface area contributed by atoms with Gasteiger partial charge in [-0.1, -0.05) is 17.7 Å². The maximum atomic E-state index is 13.4. The van der Waals surface area contributed by atoms with Crippen molar-refractivity contribution in [3.05, 3.63) is 69.5 Å². The first-order chi connectivity index (χ1) is 21.7. The van der Waals surface area contributed by atoms with Crippen molar-refractivity contribution in [1.82, 2.24) is 24.7 Å². The number of nitrogens with one attached hydrogen (secondary N) is 4. The van der Waals surface area contributed by atoms with Crippen LogP contribution >= 0.6 is 11.6 Å². The van der Waals surface area contributed by atoms with Gasteiger partial charge in [-0.05, 0) is 80.5 Å². The molecule has 238 valence electrons. The van der Waals surface area contributed by atoms with Gasteiger partial charge in [-0.15, -0.1) is 0 Å². The van der Waals surface area contributed by atoms with Gasteiger partial charge in [0.05, 0.1) is 16.9 Å². The van der Waals surface area contributed by atoms with Crippen LogP contribution in [0.2, 0.25) is 5.02 Å². The summed E-state index contributed by atoms with van der Waals surface area (Å²) in [7, 11) is 0. The fourth-order valence-corrected chi connectivity index (χ4v) is 6.43. The number of piperidine rings is 2. The van der Waals surface area contributed by atoms with Crippen molar-refractivity contribution in [2.24, 2.45) is 5.73 Å². The zero-order chi connectivity index (χ0) is 31.5. The maximum Gasteiger partial charge on any atom is 0.350 e. The topological polar surface area (TPSA) is 154 Å². The lowest BCUT2D eigenvalue weighted by Gasteiger charge is -2.33. The zero-order valence-electron chi connectivity index (χ0n) is 24.8. The highest BCUT2D eigenvalue weighted by Crippen LogP contribution is 2.43. The van der Waals surface area contributed by atoms with Gasteiger partial charge in [-0.2, -0.15) is 4.98 Å². The molecule has 45 heavy (non-hydrogen) atoms. The number of hydrogen-bond acceptors (Lipinski definition) is 7. The Morgan fingerprint density at radius 2 is 1.89 bits per heavy atom. The van der Waals surface area contributed by atoms with Crippen molar-refractivity contribution in [2.75, 3.05) is 49.9 Å². The average Bonchev–Trinajstić information content (AvgIpc) is 3.04. The monoisotopic (exact) mass is 637 g/mol. The summed E-state index contributed by atoms with van der Waals surface area (Å²) in [5, 5.41) is 16.1. The van der Waals surface area contributed by atoms with Gasteiger partial charge in [0.1, 0.15) is 5.82 Å². The number of hydrogen-bond donors (Lipinski definition) is 5. The molecule has 1 aromatic heterocycles. The van der Waals surface area contributed by atoms with Crippen LogP contribution < -0.4 is 32.1 Å². The molecular formula is C31H37ClFN9O3. The number of fused-ring (bicyclic) bond motifs is 2. The average molecular weight is 638 g/mol. The van der Waals surface area contributed by atoms with Crippen LogP contribution in [0.4, 0.5) is 26.4 Å². The quantitative estimate of drug-likeness (QED) is 0.110. The molecule has 6 N–H and O–H groups in total. The number of carbonyl (C=O) groups is 1. The highest BCUT2D eigenvalue weighted by atomic mass is 35.5. The SMILES string of the molecule is N=C(N)NCCCN1CCC(n2cc3c(nc2=O)Nc2cc(C4CCN(C(=O)Nc5ccc(F)c(Cl)c5)CC4)ccc2O3)CC1. The molecule has 0 unspecified atom stereocenters. The minimum atomic E-state index is -0.531. The van der Waals surface area contributed by atoms with Crippen LogP contribution in [0.15, 0.2) is 47.4 Å². The van der Waals surface area contributed by atoms with E-state index in [4.69, 9.17) is 27.5 Å². The smallest absolute Gasteiger partial charge is 0.350 e. The van der Waals surface area contributed by atoms with E-state index in [1.165, 1.54) is 18.2 Å². The van der Waals surface area contributed by atoms with Crippen LogP contribution in [0.1, 0.15) is 49.6 Å². The standard InChI is InChI=1S/C31H37ClFN9O3/c32-23-17-21(3-4-24(23)33)37-30(43)41-14-6-19(7-15-41)20-2-5-26-25(16-20)38-28-27(45-26)18-42(31(44)39-28)22-8-12-40(13-9-22)11-1-10-36-29(34)35/h2-5,16-19,22H,1,6-15H2,(H,37,43)(H4,34,35,36)(H,38,39,44). The Hall–Kier alpha value is -4.36. The molecule has 2 amide bonds. The second kappa shape index (κ2) is 13.3. The minimum Gasteiger partial charge on any atom is -0.450 e. The number of anilines is 3. The molecule has 14 heteroatoms. The van der Waals surface area contributed by atoms with Crippen molar-refractivity contribution in [1.29, 1.82) is 5.41 Å². The fourth-order valence-electron chi connectivity index (χ4n) is 6.25. The fraction of sp³-hybridized carbons (Fsp3) is 0.419. The van der Waals surface area contributed by atoms with E-state index in [0.29, 0.717) is 42.6 Å². The number of likely N-dealkylation sites (tertiary alicyclic amines) is 2. The van der Waals surface area contributed by atoms with Crippen LogP contribution in [0, 0.1) is 11.2 Å². The number of aromatic nitrogens is 2. The first kappa shape index (κ1) is 30.7. The number of rotatable bonds is 7. The zero-order valence-corrected chi connectivity index (χ0v) is 25.6. The number of benzene rings is 2. The molecular weight excluding hydrogens is 601 g/mol. The van der Waals surface area contributed by atoms with Gasteiger partial charge in [0.2, 0.25) is 0 Å². The second-order valence-electron chi connectivity index (χ2n) is 11.7. The van der Waals surface area contributed by atoms with E-state index < -0.39 is 5.82 Å². The summed E-state index contributed by atoms with van der Waals surface area (Å²) in [6.07, 6.45) is 5.92. The molecule has 3 aromatic rings. The predicted octanol–water partition coefficient (Wildman–Crippen LogP) is 4.81. The first-order valence-electron chi connectivity index (χ1n) is 15.3. The molecule has 2 saturated heterocycles. The molecule has 3 aliphatic heterocycles. The van der Waals surface area contributed by atoms with Crippen LogP contribution in [-0.2, 0) is 0 Å². The molecule has 6 rings (SSSR count). The lowest BCUT2D eigenvalue weighted by atomic mass is 9.89. The van der Waals surface area contributed by atoms with Gasteiger partial charge in [0.15, 0.2) is 23.3 Å². The highest BCUT2D eigenvalue weighted by Gasteiger charge is 2.28. The van der Waals surface area contributed by atoms with E-state index in [1.807, 2.05) is 12.1 Å². The normalized spacial score (nSPS) is 17.1. The van der Waals surface area contributed by atoms with E-state index in [9.17, 15) is 14.0 Å². The summed E-state index contributed by atoms with van der Waals surface area (Å²) >= 11 is 5.84. The summed E-state index contributed by atoms with van der Waals surface area (Å²) in [5.74, 6) is 1.31. The van der Waals surface area contributed by atoms with E-state index in [-0.39, 0.29) is 34.7 Å². The van der Waals surface area contributed by atoms with Gasteiger partial charge >= 0.3 is 11.7 Å². The lowest BCUT2D eigenvalue weighted by molar-refractivity contribution is 0.182. The Bertz CT molecular complexity index is 1630. The van der Waals surface area contributed by atoms with Crippen molar-refractivity contribution >= 4 is 40.8 Å². The van der Waals surface area contributed by atoms with Gasteiger partial charge in [-0.25, -0.2) is 14.0 Å². The molecule has 2 aromatic carbocycles. The molecule has 0 spiro atoms. The Labute approximate surface area is 265 Å². The van der Waals surface area contributed by atoms with E-state index >= 15 is 0 Å². The molecule has 2 fully saturated rings. The number of halogens is 2. The number of nitrogens with two attached hydrogens (primary N) is 1. The Morgan fingerprint density at radius 1 is 1.11 bits per heavy atom. The number of nitrogens with zero attached hydrogens (tertiary/aromatic N) is 4. The summed E-state index contributed by atoms with van der Waals surface area (Å²) < 4.78 is 21.4. The highest BCUT2D eigenvalue weighted by molar-refractivity contribution is 6.31. The van der Waals surface area contributed by atoms with Crippen LogP contribution in [0.3, 0.4) is 0 Å². The minimum absolute atomic E-state index is 0.0101. The second-order valence-corrected chi connectivity index (χ2v) is 12.1.